The Morgan fingerprint density at radius 1 is 1.19 bits per heavy atom. The normalized spacial score (nSPS) is 16.7. The maximum atomic E-state index is 13.2. The van der Waals surface area contributed by atoms with Crippen molar-refractivity contribution >= 4 is 33.1 Å². The average Bonchev–Trinajstić information content (AvgIpc) is 3.09. The molecule has 3 aromatic rings. The summed E-state index contributed by atoms with van der Waals surface area (Å²) in [5.74, 6) is 0.0124. The monoisotopic (exact) mass is 462 g/mol. The Morgan fingerprint density at radius 2 is 1.90 bits per heavy atom. The lowest BCUT2D eigenvalue weighted by Crippen LogP contribution is -2.47. The van der Waals surface area contributed by atoms with Gasteiger partial charge in [-0.25, -0.2) is 8.42 Å². The SMILES string of the molecule is C=CC(CN1CCN(C)CC1)S(=O)(=O)c1ccc(-c2c(O)[nH]c3ccccc23)nc1.Cl. The summed E-state index contributed by atoms with van der Waals surface area (Å²) >= 11 is 0. The Hall–Kier alpha value is -2.39. The highest BCUT2D eigenvalue weighted by molar-refractivity contribution is 7.92. The van der Waals surface area contributed by atoms with Gasteiger partial charge < -0.3 is 15.0 Å². The predicted octanol–water partition coefficient (Wildman–Crippen LogP) is 2.93. The molecule has 0 saturated carbocycles. The van der Waals surface area contributed by atoms with E-state index in [4.69, 9.17) is 0 Å². The molecule has 1 aliphatic heterocycles. The number of nitrogens with zero attached hydrogens (tertiary/aromatic N) is 3. The molecular formula is C22H27ClN4O3S. The Bertz CT molecular complexity index is 1150. The van der Waals surface area contributed by atoms with Crippen LogP contribution in [0.1, 0.15) is 0 Å². The van der Waals surface area contributed by atoms with Crippen LogP contribution in [0.4, 0.5) is 0 Å². The van der Waals surface area contributed by atoms with Crippen LogP contribution in [-0.2, 0) is 9.84 Å². The molecule has 166 valence electrons. The maximum absolute atomic E-state index is 13.2. The van der Waals surface area contributed by atoms with Gasteiger partial charge in [0.2, 0.25) is 0 Å². The molecule has 1 unspecified atom stereocenters. The Morgan fingerprint density at radius 3 is 2.55 bits per heavy atom. The molecule has 2 aromatic heterocycles. The van der Waals surface area contributed by atoms with Crippen molar-refractivity contribution in [1.29, 1.82) is 0 Å². The standard InChI is InChI=1S/C22H26N4O3S.ClH/c1-3-16(15-26-12-10-25(2)11-13-26)30(28,29)17-8-9-20(23-14-17)21-18-6-4-5-7-19(18)24-22(21)27;/h3-9,14,16,24,27H,1,10-13,15H2,2H3;1H. The van der Waals surface area contributed by atoms with Crippen molar-refractivity contribution in [2.45, 2.75) is 10.1 Å². The number of aromatic hydroxyl groups is 1. The summed E-state index contributed by atoms with van der Waals surface area (Å²) in [6.07, 6.45) is 2.87. The van der Waals surface area contributed by atoms with Crippen molar-refractivity contribution in [3.63, 3.8) is 0 Å². The molecule has 0 aliphatic carbocycles. The van der Waals surface area contributed by atoms with Gasteiger partial charge in [-0.1, -0.05) is 24.3 Å². The minimum Gasteiger partial charge on any atom is -0.494 e. The molecule has 9 heteroatoms. The topological polar surface area (TPSA) is 89.5 Å². The number of hydrogen-bond acceptors (Lipinski definition) is 6. The second kappa shape index (κ2) is 9.40. The molecule has 1 saturated heterocycles. The van der Waals surface area contributed by atoms with Gasteiger partial charge in [0.05, 0.1) is 21.4 Å². The van der Waals surface area contributed by atoms with E-state index in [9.17, 15) is 13.5 Å². The smallest absolute Gasteiger partial charge is 0.199 e. The largest absolute Gasteiger partial charge is 0.494 e. The van der Waals surface area contributed by atoms with E-state index in [-0.39, 0.29) is 23.2 Å². The summed E-state index contributed by atoms with van der Waals surface area (Å²) in [5.41, 5.74) is 1.87. The molecule has 0 bridgehead atoms. The number of pyridine rings is 1. The molecule has 0 spiro atoms. The number of aromatic amines is 1. The van der Waals surface area contributed by atoms with Crippen molar-refractivity contribution in [3.8, 4) is 17.1 Å². The molecule has 4 rings (SSSR count). The average molecular weight is 463 g/mol. The number of nitrogens with one attached hydrogen (secondary N) is 1. The number of fused-ring (bicyclic) bond motifs is 1. The second-order valence-electron chi connectivity index (χ2n) is 7.70. The van der Waals surface area contributed by atoms with Gasteiger partial charge in [0.15, 0.2) is 15.7 Å². The number of hydrogen-bond donors (Lipinski definition) is 2. The highest BCUT2D eigenvalue weighted by atomic mass is 35.5. The number of benzene rings is 1. The molecule has 0 amide bonds. The zero-order chi connectivity index (χ0) is 21.3. The first-order valence-corrected chi connectivity index (χ1v) is 11.5. The minimum absolute atomic E-state index is 0. The summed E-state index contributed by atoms with van der Waals surface area (Å²) in [5, 5.41) is 10.4. The van der Waals surface area contributed by atoms with E-state index < -0.39 is 15.1 Å². The quantitative estimate of drug-likeness (QED) is 0.547. The van der Waals surface area contributed by atoms with Gasteiger partial charge in [0.25, 0.3) is 0 Å². The van der Waals surface area contributed by atoms with Crippen LogP contribution in [0.2, 0.25) is 0 Å². The Labute approximate surface area is 188 Å². The predicted molar refractivity (Wildman–Crippen MR) is 126 cm³/mol. The number of rotatable bonds is 6. The van der Waals surface area contributed by atoms with Gasteiger partial charge in [-0.3, -0.25) is 9.88 Å². The first-order valence-electron chi connectivity index (χ1n) is 9.93. The van der Waals surface area contributed by atoms with Gasteiger partial charge in [0, 0.05) is 49.8 Å². The number of para-hydroxylation sites is 1. The van der Waals surface area contributed by atoms with Crippen LogP contribution in [0.5, 0.6) is 5.88 Å². The van der Waals surface area contributed by atoms with E-state index >= 15 is 0 Å². The van der Waals surface area contributed by atoms with Gasteiger partial charge in [0.1, 0.15) is 0 Å². The van der Waals surface area contributed by atoms with E-state index in [1.54, 1.807) is 12.1 Å². The summed E-state index contributed by atoms with van der Waals surface area (Å²) in [6.45, 7) is 7.72. The van der Waals surface area contributed by atoms with Gasteiger partial charge in [-0.05, 0) is 25.2 Å². The Kier molecular flexibility index (Phi) is 7.06. The first kappa shape index (κ1) is 23.3. The molecule has 1 fully saturated rings. The van der Waals surface area contributed by atoms with Gasteiger partial charge in [-0.2, -0.15) is 0 Å². The van der Waals surface area contributed by atoms with E-state index in [0.29, 0.717) is 17.8 Å². The van der Waals surface area contributed by atoms with Gasteiger partial charge in [-0.15, -0.1) is 19.0 Å². The number of sulfone groups is 1. The summed E-state index contributed by atoms with van der Waals surface area (Å²) in [7, 11) is -1.54. The summed E-state index contributed by atoms with van der Waals surface area (Å²) < 4.78 is 26.3. The highest BCUT2D eigenvalue weighted by Crippen LogP contribution is 2.35. The van der Waals surface area contributed by atoms with E-state index in [1.165, 1.54) is 12.3 Å². The third kappa shape index (κ3) is 4.62. The summed E-state index contributed by atoms with van der Waals surface area (Å²) in [4.78, 5) is 11.8. The minimum atomic E-state index is -3.61. The van der Waals surface area contributed by atoms with Crippen LogP contribution in [0, 0.1) is 0 Å². The second-order valence-corrected chi connectivity index (χ2v) is 9.86. The van der Waals surface area contributed by atoms with E-state index in [2.05, 4.69) is 33.4 Å². The number of piperazine rings is 1. The fourth-order valence-electron chi connectivity index (χ4n) is 3.84. The lowest BCUT2D eigenvalue weighted by atomic mass is 10.1. The number of halogens is 1. The Balaban J connectivity index is 0.00000272. The molecule has 1 aromatic carbocycles. The fourth-order valence-corrected chi connectivity index (χ4v) is 5.31. The molecule has 1 aliphatic rings. The molecule has 1 atom stereocenters. The van der Waals surface area contributed by atoms with Crippen molar-refractivity contribution in [2.75, 3.05) is 39.8 Å². The number of aromatic nitrogens is 2. The highest BCUT2D eigenvalue weighted by Gasteiger charge is 2.28. The first-order chi connectivity index (χ1) is 14.4. The molecular weight excluding hydrogens is 436 g/mol. The van der Waals surface area contributed by atoms with Crippen LogP contribution in [0.25, 0.3) is 22.2 Å². The molecule has 3 heterocycles. The van der Waals surface area contributed by atoms with E-state index in [0.717, 1.165) is 37.1 Å². The number of H-pyrrole nitrogens is 1. The zero-order valence-corrected chi connectivity index (χ0v) is 19.0. The molecule has 7 nitrogen and oxygen atoms in total. The fraction of sp³-hybridized carbons (Fsp3) is 0.318. The third-order valence-electron chi connectivity index (χ3n) is 5.70. The van der Waals surface area contributed by atoms with Crippen LogP contribution >= 0.6 is 12.4 Å². The van der Waals surface area contributed by atoms with E-state index in [1.807, 2.05) is 24.3 Å². The lowest BCUT2D eigenvalue weighted by Gasteiger charge is -2.33. The van der Waals surface area contributed by atoms with Crippen LogP contribution in [-0.4, -0.2) is 78.3 Å². The van der Waals surface area contributed by atoms with Crippen molar-refractivity contribution in [2.24, 2.45) is 0 Å². The lowest BCUT2D eigenvalue weighted by molar-refractivity contribution is 0.157. The molecule has 31 heavy (non-hydrogen) atoms. The van der Waals surface area contributed by atoms with Crippen LogP contribution in [0.3, 0.4) is 0 Å². The maximum Gasteiger partial charge on any atom is 0.199 e. The number of likely N-dealkylation sites (N-methyl/N-ethyl adjacent to an activating group) is 1. The van der Waals surface area contributed by atoms with Crippen molar-refractivity contribution in [1.82, 2.24) is 19.8 Å². The molecule has 2 N–H and O–H groups in total. The third-order valence-corrected chi connectivity index (χ3v) is 7.74. The van der Waals surface area contributed by atoms with Crippen LogP contribution in [0.15, 0.2) is 60.1 Å². The van der Waals surface area contributed by atoms with Crippen molar-refractivity contribution in [3.05, 3.63) is 55.3 Å². The summed E-state index contributed by atoms with van der Waals surface area (Å²) in [6, 6.07) is 10.7. The van der Waals surface area contributed by atoms with Crippen LogP contribution < -0.4 is 0 Å². The zero-order valence-electron chi connectivity index (χ0n) is 17.4. The van der Waals surface area contributed by atoms with Gasteiger partial charge >= 0.3 is 0 Å². The van der Waals surface area contributed by atoms with Crippen molar-refractivity contribution < 1.29 is 13.5 Å². The molecule has 0 radical (unpaired) electrons.